The van der Waals surface area contributed by atoms with Crippen LogP contribution in [0.15, 0.2) is 36.9 Å². The van der Waals surface area contributed by atoms with Crippen LogP contribution in [0.4, 0.5) is 0 Å². The molecule has 0 N–H and O–H groups in total. The van der Waals surface area contributed by atoms with Crippen molar-refractivity contribution < 1.29 is 42.6 Å². The minimum atomic E-state index is -0.281. The third-order valence-electron chi connectivity index (χ3n) is 16.2. The molecule has 15 heteroatoms. The molecule has 2 aliphatic rings. The maximum absolute atomic E-state index is 6.66. The van der Waals surface area contributed by atoms with Crippen molar-refractivity contribution in [3.8, 4) is 12.0 Å². The monoisotopic (exact) mass is 1200 g/mol. The van der Waals surface area contributed by atoms with Crippen LogP contribution >= 0.6 is 23.5 Å². The Kier molecular flexibility index (Phi) is 49.2. The van der Waals surface area contributed by atoms with Crippen LogP contribution in [-0.2, 0) is 33.2 Å². The van der Waals surface area contributed by atoms with Crippen molar-refractivity contribution in [3.05, 3.63) is 36.9 Å². The Balaban J connectivity index is 1.00. The summed E-state index contributed by atoms with van der Waals surface area (Å²) in [6, 6.07) is 4.42. The molecule has 2 fully saturated rings. The van der Waals surface area contributed by atoms with Crippen molar-refractivity contribution in [2.75, 3.05) is 89.1 Å². The van der Waals surface area contributed by atoms with E-state index in [1.54, 1.807) is 24.8 Å². The summed E-state index contributed by atoms with van der Waals surface area (Å²) in [6.45, 7) is 11.3. The van der Waals surface area contributed by atoms with Gasteiger partial charge in [0, 0.05) is 99.3 Å². The van der Waals surface area contributed by atoms with Crippen molar-refractivity contribution in [1.82, 2.24) is 19.9 Å². The number of unbranched alkanes of at least 4 members (excludes halogenated alkanes) is 30. The van der Waals surface area contributed by atoms with Crippen LogP contribution in [0, 0.1) is 11.8 Å². The highest BCUT2D eigenvalue weighted by atomic mass is 32.2. The number of rotatable bonds is 60. The number of hydrogen-bond donors (Lipinski definition) is 0. The Labute approximate surface area is 516 Å². The van der Waals surface area contributed by atoms with Crippen molar-refractivity contribution in [2.24, 2.45) is 11.8 Å². The van der Waals surface area contributed by atoms with Crippen LogP contribution in [0.2, 0.25) is 0 Å². The van der Waals surface area contributed by atoms with Gasteiger partial charge in [0.25, 0.3) is 0 Å². The van der Waals surface area contributed by atoms with E-state index in [0.29, 0.717) is 64.9 Å². The summed E-state index contributed by atoms with van der Waals surface area (Å²) in [4.78, 5) is 17.2. The SMILES string of the molecule is CCCCCCCCCCCCCCCCCCOCC(CSCCOCCC1CCCOC1OC1OCCCC1CCOCCSCC(COCCCCCCCCCCCCCCCCCC)Oc1ncccn1)Oc1ncccn1. The summed E-state index contributed by atoms with van der Waals surface area (Å²) < 4.78 is 56.2. The summed E-state index contributed by atoms with van der Waals surface area (Å²) >= 11 is 3.65. The molecule has 0 aliphatic carbocycles. The largest absolute Gasteiger partial charge is 0.457 e. The second-order valence-electron chi connectivity index (χ2n) is 23.7. The molecule has 4 heterocycles. The fraction of sp³-hybridized carbons (Fsp3) is 0.882. The zero-order valence-electron chi connectivity index (χ0n) is 53.0. The molecule has 4 rings (SSSR count). The lowest BCUT2D eigenvalue weighted by atomic mass is 9.95. The average Bonchev–Trinajstić information content (AvgIpc) is 3.59. The van der Waals surface area contributed by atoms with Crippen molar-refractivity contribution in [2.45, 2.75) is 283 Å². The zero-order chi connectivity index (χ0) is 58.2. The topological polar surface area (TPSA) is 135 Å². The first-order chi connectivity index (χ1) is 41.2. The molecule has 0 amide bonds. The van der Waals surface area contributed by atoms with E-state index in [1.807, 2.05) is 35.7 Å². The minimum absolute atomic E-state index is 0.119. The Morgan fingerprint density at radius 3 is 1.07 bits per heavy atom. The molecule has 6 atom stereocenters. The maximum Gasteiger partial charge on any atom is 0.316 e. The van der Waals surface area contributed by atoms with E-state index in [-0.39, 0.29) is 36.6 Å². The minimum Gasteiger partial charge on any atom is -0.457 e. The lowest BCUT2D eigenvalue weighted by molar-refractivity contribution is -0.298. The van der Waals surface area contributed by atoms with Gasteiger partial charge in [0.15, 0.2) is 12.6 Å². The number of ether oxygens (including phenoxy) is 9. The molecule has 2 aromatic heterocycles. The third-order valence-corrected chi connectivity index (χ3v) is 18.3. The van der Waals surface area contributed by atoms with E-state index in [2.05, 4.69) is 33.8 Å². The van der Waals surface area contributed by atoms with Gasteiger partial charge in [0.2, 0.25) is 0 Å². The third kappa shape index (κ3) is 41.9. The normalized spacial score (nSPS) is 18.1. The first-order valence-corrected chi connectivity index (χ1v) is 36.8. The molecule has 0 spiro atoms. The molecule has 83 heavy (non-hydrogen) atoms. The van der Waals surface area contributed by atoms with E-state index in [1.165, 1.54) is 193 Å². The Hall–Kier alpha value is -1.82. The molecule has 0 aromatic carbocycles. The summed E-state index contributed by atoms with van der Waals surface area (Å²) in [7, 11) is 0. The van der Waals surface area contributed by atoms with E-state index < -0.39 is 0 Å². The van der Waals surface area contributed by atoms with Gasteiger partial charge < -0.3 is 42.6 Å². The van der Waals surface area contributed by atoms with Crippen molar-refractivity contribution >= 4 is 23.5 Å². The smallest absolute Gasteiger partial charge is 0.316 e. The molecule has 2 saturated heterocycles. The van der Waals surface area contributed by atoms with E-state index in [0.717, 1.165) is 87.6 Å². The van der Waals surface area contributed by atoms with Crippen LogP contribution in [0.5, 0.6) is 12.0 Å². The lowest BCUT2D eigenvalue weighted by Crippen LogP contribution is -2.41. The second kappa shape index (κ2) is 55.5. The van der Waals surface area contributed by atoms with E-state index in [9.17, 15) is 0 Å². The van der Waals surface area contributed by atoms with Gasteiger partial charge in [-0.15, -0.1) is 0 Å². The van der Waals surface area contributed by atoms with Gasteiger partial charge in [-0.3, -0.25) is 0 Å². The Morgan fingerprint density at radius 1 is 0.410 bits per heavy atom. The molecular weight excluding hydrogens is 1080 g/mol. The molecule has 0 saturated carbocycles. The Morgan fingerprint density at radius 2 is 0.735 bits per heavy atom. The quantitative estimate of drug-likeness (QED) is 0.0581. The molecule has 2 aliphatic heterocycles. The molecule has 6 unspecified atom stereocenters. The molecule has 13 nitrogen and oxygen atoms in total. The maximum atomic E-state index is 6.66. The summed E-state index contributed by atoms with van der Waals surface area (Å²) in [5.41, 5.74) is 0. The summed E-state index contributed by atoms with van der Waals surface area (Å²) in [5, 5.41) is 0. The van der Waals surface area contributed by atoms with Gasteiger partial charge >= 0.3 is 12.0 Å². The van der Waals surface area contributed by atoms with Crippen LogP contribution < -0.4 is 9.47 Å². The predicted octanol–water partition coefficient (Wildman–Crippen LogP) is 17.8. The van der Waals surface area contributed by atoms with Gasteiger partial charge in [-0.2, -0.15) is 23.5 Å². The highest BCUT2D eigenvalue weighted by molar-refractivity contribution is 7.99. The molecule has 0 radical (unpaired) electrons. The van der Waals surface area contributed by atoms with Crippen LogP contribution in [0.25, 0.3) is 0 Å². The van der Waals surface area contributed by atoms with Gasteiger partial charge in [-0.1, -0.05) is 206 Å². The fourth-order valence-corrected chi connectivity index (χ4v) is 12.8. The van der Waals surface area contributed by atoms with Crippen molar-refractivity contribution in [1.29, 1.82) is 0 Å². The number of aromatic nitrogens is 4. The number of thioether (sulfide) groups is 2. The van der Waals surface area contributed by atoms with Gasteiger partial charge in [-0.05, 0) is 63.5 Å². The van der Waals surface area contributed by atoms with Crippen LogP contribution in [0.1, 0.15) is 258 Å². The van der Waals surface area contributed by atoms with Crippen LogP contribution in [0.3, 0.4) is 0 Å². The standard InChI is InChI=1S/C68H122N4O9S2/c1-3-5-7-9-11-13-15-17-19-21-23-25-27-29-31-33-47-75-57-63(79-67-69-43-37-44-70-67)59-82-55-53-73-51-41-61-39-35-49-77-65(61)81-66-62(40-36-50-78-66)42-52-74-54-56-83-60-64(80-68-71-45-38-46-72-68)58-76-48-34-32-30-28-26-24-22-20-18-16-14-12-10-8-6-4-2/h37-38,43-46,61-66H,3-36,39-42,47-60H2,1-2H3. The summed E-state index contributed by atoms with van der Waals surface area (Å²) in [5.74, 6) is 3.88. The first-order valence-electron chi connectivity index (χ1n) is 34.5. The highest BCUT2D eigenvalue weighted by Gasteiger charge is 2.34. The average molecular weight is 1200 g/mol. The fourth-order valence-electron chi connectivity index (χ4n) is 11.1. The lowest BCUT2D eigenvalue weighted by Gasteiger charge is -2.38. The summed E-state index contributed by atoms with van der Waals surface area (Å²) in [6.07, 6.45) is 55.8. The molecule has 0 bridgehead atoms. The molecule has 2 aromatic rings. The second-order valence-corrected chi connectivity index (χ2v) is 26.0. The Bertz CT molecular complexity index is 1530. The van der Waals surface area contributed by atoms with Gasteiger partial charge in [-0.25, -0.2) is 19.9 Å². The van der Waals surface area contributed by atoms with Gasteiger partial charge in [0.1, 0.15) is 12.2 Å². The first kappa shape index (κ1) is 73.6. The van der Waals surface area contributed by atoms with Crippen molar-refractivity contribution in [3.63, 3.8) is 0 Å². The number of nitrogens with zero attached hydrogens (tertiary/aromatic N) is 4. The van der Waals surface area contributed by atoms with Gasteiger partial charge in [0.05, 0.1) is 26.4 Å². The predicted molar refractivity (Wildman–Crippen MR) is 345 cm³/mol. The highest BCUT2D eigenvalue weighted by Crippen LogP contribution is 2.32. The number of hydrogen-bond acceptors (Lipinski definition) is 15. The van der Waals surface area contributed by atoms with E-state index >= 15 is 0 Å². The van der Waals surface area contributed by atoms with Crippen LogP contribution in [-0.4, -0.2) is 134 Å². The zero-order valence-corrected chi connectivity index (χ0v) is 54.6. The molecular formula is C68H122N4O9S2. The van der Waals surface area contributed by atoms with E-state index in [4.69, 9.17) is 42.6 Å². The molecule has 480 valence electrons.